The summed E-state index contributed by atoms with van der Waals surface area (Å²) in [6, 6.07) is 10.5. The molecule has 2 heterocycles. The molecule has 3 rings (SSSR count). The summed E-state index contributed by atoms with van der Waals surface area (Å²) in [7, 11) is 0. The van der Waals surface area contributed by atoms with Crippen molar-refractivity contribution in [1.29, 1.82) is 0 Å². The Morgan fingerprint density at radius 1 is 1.12 bits per heavy atom. The number of carbonyl (C=O) groups excluding carboxylic acids is 2. The normalized spacial score (nSPS) is 15.3. The Morgan fingerprint density at radius 3 is 2.42 bits per heavy atom. The van der Waals surface area contributed by atoms with Crippen LogP contribution in [0.25, 0.3) is 11.3 Å². The van der Waals surface area contributed by atoms with Crippen LogP contribution in [0, 0.1) is 5.92 Å². The molecule has 0 saturated carbocycles. The van der Waals surface area contributed by atoms with Gasteiger partial charge < -0.3 is 10.6 Å². The Morgan fingerprint density at radius 2 is 1.79 bits per heavy atom. The van der Waals surface area contributed by atoms with Crippen molar-refractivity contribution in [2.24, 2.45) is 11.7 Å². The van der Waals surface area contributed by atoms with E-state index in [0.717, 1.165) is 31.5 Å². The zero-order chi connectivity index (χ0) is 17.1. The van der Waals surface area contributed by atoms with Crippen LogP contribution in [0.2, 0.25) is 0 Å². The minimum Gasteiger partial charge on any atom is -0.366 e. The molecule has 24 heavy (non-hydrogen) atoms. The number of primary amides is 1. The molecule has 1 saturated heterocycles. The molecule has 0 unspecified atom stereocenters. The van der Waals surface area contributed by atoms with Gasteiger partial charge in [-0.05, 0) is 43.0 Å². The lowest BCUT2D eigenvalue weighted by atomic mass is 9.98. The SMILES string of the molecule is CC1CCN(C(=O)c2ccc(-c3ncccc3C(N)=O)cc2)CC1. The fourth-order valence-corrected chi connectivity index (χ4v) is 3.00. The quantitative estimate of drug-likeness (QED) is 0.943. The van der Waals surface area contributed by atoms with E-state index in [2.05, 4.69) is 11.9 Å². The van der Waals surface area contributed by atoms with Crippen molar-refractivity contribution in [2.75, 3.05) is 13.1 Å². The van der Waals surface area contributed by atoms with Gasteiger partial charge in [0, 0.05) is 30.4 Å². The number of benzene rings is 1. The molecule has 5 nitrogen and oxygen atoms in total. The lowest BCUT2D eigenvalue weighted by molar-refractivity contribution is 0.0697. The Kier molecular flexibility index (Phi) is 4.60. The van der Waals surface area contributed by atoms with E-state index in [-0.39, 0.29) is 5.91 Å². The number of aromatic nitrogens is 1. The minimum atomic E-state index is -0.513. The first-order valence-electron chi connectivity index (χ1n) is 8.21. The molecule has 0 radical (unpaired) electrons. The van der Waals surface area contributed by atoms with Crippen molar-refractivity contribution in [3.05, 3.63) is 53.7 Å². The predicted molar refractivity (Wildman–Crippen MR) is 92.5 cm³/mol. The predicted octanol–water partition coefficient (Wildman–Crippen LogP) is 2.72. The van der Waals surface area contributed by atoms with E-state index in [4.69, 9.17) is 5.73 Å². The van der Waals surface area contributed by atoms with Crippen LogP contribution in [-0.4, -0.2) is 34.8 Å². The van der Waals surface area contributed by atoms with Crippen molar-refractivity contribution < 1.29 is 9.59 Å². The number of rotatable bonds is 3. The Balaban J connectivity index is 1.81. The summed E-state index contributed by atoms with van der Waals surface area (Å²) in [4.78, 5) is 30.2. The number of carbonyl (C=O) groups is 2. The summed E-state index contributed by atoms with van der Waals surface area (Å²) in [6.45, 7) is 3.85. The first-order valence-corrected chi connectivity index (χ1v) is 8.21. The molecule has 124 valence electrons. The van der Waals surface area contributed by atoms with E-state index in [1.807, 2.05) is 17.0 Å². The summed E-state index contributed by atoms with van der Waals surface area (Å²) in [5.74, 6) is 0.234. The molecule has 1 aliphatic heterocycles. The molecule has 2 aromatic rings. The van der Waals surface area contributed by atoms with E-state index in [1.54, 1.807) is 30.5 Å². The first kappa shape index (κ1) is 16.2. The van der Waals surface area contributed by atoms with Crippen molar-refractivity contribution in [3.8, 4) is 11.3 Å². The molecule has 1 aromatic heterocycles. The lowest BCUT2D eigenvalue weighted by Gasteiger charge is -2.30. The fourth-order valence-electron chi connectivity index (χ4n) is 3.00. The zero-order valence-corrected chi connectivity index (χ0v) is 13.7. The van der Waals surface area contributed by atoms with Gasteiger partial charge in [-0.25, -0.2) is 0 Å². The molecule has 2 amide bonds. The van der Waals surface area contributed by atoms with E-state index < -0.39 is 5.91 Å². The van der Waals surface area contributed by atoms with Gasteiger partial charge >= 0.3 is 0 Å². The van der Waals surface area contributed by atoms with Crippen molar-refractivity contribution in [3.63, 3.8) is 0 Å². The standard InChI is InChI=1S/C19H21N3O2/c1-13-8-11-22(12-9-13)19(24)15-6-4-14(5-7-15)17-16(18(20)23)3-2-10-21-17/h2-7,10,13H,8-9,11-12H2,1H3,(H2,20,23). The highest BCUT2D eigenvalue weighted by Crippen LogP contribution is 2.23. The third kappa shape index (κ3) is 3.30. The Hall–Kier alpha value is -2.69. The molecule has 0 aliphatic carbocycles. The van der Waals surface area contributed by atoms with Crippen LogP contribution in [0.5, 0.6) is 0 Å². The molecular formula is C19H21N3O2. The second-order valence-corrected chi connectivity index (χ2v) is 6.32. The van der Waals surface area contributed by atoms with Gasteiger partial charge in [0.05, 0.1) is 11.3 Å². The van der Waals surface area contributed by atoms with E-state index >= 15 is 0 Å². The fraction of sp³-hybridized carbons (Fsp3) is 0.316. The van der Waals surface area contributed by atoms with E-state index in [0.29, 0.717) is 22.7 Å². The van der Waals surface area contributed by atoms with Gasteiger partial charge in [0.1, 0.15) is 0 Å². The number of likely N-dealkylation sites (tertiary alicyclic amines) is 1. The number of hydrogen-bond acceptors (Lipinski definition) is 3. The number of nitrogens with two attached hydrogens (primary N) is 1. The summed E-state index contributed by atoms with van der Waals surface area (Å²) in [5.41, 5.74) is 7.74. The average molecular weight is 323 g/mol. The lowest BCUT2D eigenvalue weighted by Crippen LogP contribution is -2.37. The first-order chi connectivity index (χ1) is 11.6. The molecule has 0 spiro atoms. The van der Waals surface area contributed by atoms with Gasteiger partial charge in [-0.3, -0.25) is 14.6 Å². The van der Waals surface area contributed by atoms with Gasteiger partial charge in [-0.2, -0.15) is 0 Å². The molecule has 5 heteroatoms. The topological polar surface area (TPSA) is 76.3 Å². The molecule has 1 aromatic carbocycles. The highest BCUT2D eigenvalue weighted by molar-refractivity contribution is 5.99. The highest BCUT2D eigenvalue weighted by Gasteiger charge is 2.21. The van der Waals surface area contributed by atoms with Crippen LogP contribution < -0.4 is 5.73 Å². The third-order valence-electron chi connectivity index (χ3n) is 4.55. The maximum Gasteiger partial charge on any atom is 0.253 e. The average Bonchev–Trinajstić information content (AvgIpc) is 2.62. The summed E-state index contributed by atoms with van der Waals surface area (Å²) >= 11 is 0. The number of hydrogen-bond donors (Lipinski definition) is 1. The van der Waals surface area contributed by atoms with Crippen LogP contribution in [0.4, 0.5) is 0 Å². The number of pyridine rings is 1. The minimum absolute atomic E-state index is 0.0598. The van der Waals surface area contributed by atoms with Gasteiger partial charge in [0.25, 0.3) is 11.8 Å². The zero-order valence-electron chi connectivity index (χ0n) is 13.7. The maximum atomic E-state index is 12.6. The van der Waals surface area contributed by atoms with Crippen molar-refractivity contribution in [1.82, 2.24) is 9.88 Å². The number of nitrogens with zero attached hydrogens (tertiary/aromatic N) is 2. The number of piperidine rings is 1. The summed E-state index contributed by atoms with van der Waals surface area (Å²) in [5, 5.41) is 0. The molecule has 1 fully saturated rings. The molecule has 1 aliphatic rings. The highest BCUT2D eigenvalue weighted by atomic mass is 16.2. The van der Waals surface area contributed by atoms with Gasteiger partial charge in [-0.15, -0.1) is 0 Å². The van der Waals surface area contributed by atoms with Gasteiger partial charge in [0.2, 0.25) is 0 Å². The van der Waals surface area contributed by atoms with Crippen LogP contribution in [0.3, 0.4) is 0 Å². The van der Waals surface area contributed by atoms with Crippen LogP contribution in [0.15, 0.2) is 42.6 Å². The van der Waals surface area contributed by atoms with Gasteiger partial charge in [0.15, 0.2) is 0 Å². The third-order valence-corrected chi connectivity index (χ3v) is 4.55. The number of amides is 2. The summed E-state index contributed by atoms with van der Waals surface area (Å²) in [6.07, 6.45) is 3.73. The smallest absolute Gasteiger partial charge is 0.253 e. The Bertz CT molecular complexity index is 747. The largest absolute Gasteiger partial charge is 0.366 e. The Labute approximate surface area is 141 Å². The summed E-state index contributed by atoms with van der Waals surface area (Å²) < 4.78 is 0. The van der Waals surface area contributed by atoms with Crippen LogP contribution in [0.1, 0.15) is 40.5 Å². The second kappa shape index (κ2) is 6.83. The second-order valence-electron chi connectivity index (χ2n) is 6.32. The van der Waals surface area contributed by atoms with E-state index in [9.17, 15) is 9.59 Å². The van der Waals surface area contributed by atoms with Crippen molar-refractivity contribution in [2.45, 2.75) is 19.8 Å². The molecule has 0 atom stereocenters. The van der Waals surface area contributed by atoms with Gasteiger partial charge in [-0.1, -0.05) is 19.1 Å². The van der Waals surface area contributed by atoms with E-state index in [1.165, 1.54) is 0 Å². The molecular weight excluding hydrogens is 302 g/mol. The van der Waals surface area contributed by atoms with Crippen molar-refractivity contribution >= 4 is 11.8 Å². The molecule has 0 bridgehead atoms. The molecule has 2 N–H and O–H groups in total. The van der Waals surface area contributed by atoms with Crippen LogP contribution in [-0.2, 0) is 0 Å². The van der Waals surface area contributed by atoms with Crippen LogP contribution >= 0.6 is 0 Å². The monoisotopic (exact) mass is 323 g/mol. The maximum absolute atomic E-state index is 12.6.